The van der Waals surface area contributed by atoms with Gasteiger partial charge >= 0.3 is 0 Å². The number of aromatic nitrogens is 1. The van der Waals surface area contributed by atoms with Crippen LogP contribution in [-0.4, -0.2) is 13.1 Å². The van der Waals surface area contributed by atoms with E-state index < -0.39 is 8.07 Å². The fourth-order valence-electron chi connectivity index (χ4n) is 4.37. The summed E-state index contributed by atoms with van der Waals surface area (Å²) >= 11 is 0. The molecule has 0 saturated carbocycles. The van der Waals surface area contributed by atoms with Gasteiger partial charge in [0.15, 0.2) is 0 Å². The van der Waals surface area contributed by atoms with E-state index in [4.69, 9.17) is 0 Å². The Morgan fingerprint density at radius 3 is 2.19 bits per heavy atom. The molecule has 1 aliphatic heterocycles. The van der Waals surface area contributed by atoms with Gasteiger partial charge in [-0.2, -0.15) is 0 Å². The Morgan fingerprint density at radius 2 is 1.33 bits per heavy atom. The van der Waals surface area contributed by atoms with Crippen LogP contribution in [0.3, 0.4) is 0 Å². The molecule has 0 aliphatic carbocycles. The average Bonchev–Trinajstić information content (AvgIpc) is 2.97. The summed E-state index contributed by atoms with van der Waals surface area (Å²) in [6.45, 7) is 4.93. The monoisotopic (exact) mass is 363 g/mol. The maximum atomic E-state index is 4.52. The van der Waals surface area contributed by atoms with Crippen LogP contribution >= 0.6 is 0 Å². The molecule has 0 saturated heterocycles. The Morgan fingerprint density at radius 1 is 0.630 bits per heavy atom. The Kier molecular flexibility index (Phi) is 3.63. The molecule has 0 unspecified atom stereocenters. The highest BCUT2D eigenvalue weighted by Gasteiger charge is 2.38. The van der Waals surface area contributed by atoms with Gasteiger partial charge in [0.2, 0.25) is 0 Å². The standard InChI is InChI=1S/C25H21NSi/c1-27(2)23-14-4-3-11-21(23)25-20(12-8-15-24(25)27)18-9-7-10-19(17-18)22-13-5-6-16-26-22/h3-17H,1-2H3. The first kappa shape index (κ1) is 16.2. The molecule has 0 spiro atoms. The van der Waals surface area contributed by atoms with Gasteiger partial charge in [-0.3, -0.25) is 4.98 Å². The second-order valence-corrected chi connectivity index (χ2v) is 12.0. The van der Waals surface area contributed by atoms with Crippen LogP contribution in [0.4, 0.5) is 0 Å². The summed E-state index contributed by atoms with van der Waals surface area (Å²) in [5.41, 5.74) is 7.62. The average molecular weight is 364 g/mol. The molecule has 130 valence electrons. The highest BCUT2D eigenvalue weighted by atomic mass is 28.3. The third kappa shape index (κ3) is 2.48. The minimum atomic E-state index is -1.64. The third-order valence-electron chi connectivity index (χ3n) is 5.74. The normalized spacial score (nSPS) is 13.9. The molecule has 0 N–H and O–H groups in total. The number of benzene rings is 3. The summed E-state index contributed by atoms with van der Waals surface area (Å²) in [5.74, 6) is 0. The lowest BCUT2D eigenvalue weighted by Crippen LogP contribution is -2.49. The predicted molar refractivity (Wildman–Crippen MR) is 117 cm³/mol. The quantitative estimate of drug-likeness (QED) is 0.445. The van der Waals surface area contributed by atoms with E-state index in [-0.39, 0.29) is 0 Å². The molecule has 27 heavy (non-hydrogen) atoms. The molecule has 1 nitrogen and oxygen atoms in total. The van der Waals surface area contributed by atoms with E-state index >= 15 is 0 Å². The molecule has 4 aromatic rings. The van der Waals surface area contributed by atoms with Crippen LogP contribution < -0.4 is 10.4 Å². The maximum absolute atomic E-state index is 4.52. The first-order valence-corrected chi connectivity index (χ1v) is 12.4. The lowest BCUT2D eigenvalue weighted by atomic mass is 9.93. The summed E-state index contributed by atoms with van der Waals surface area (Å²) in [5, 5.41) is 3.10. The van der Waals surface area contributed by atoms with E-state index in [2.05, 4.69) is 90.9 Å². The predicted octanol–water partition coefficient (Wildman–Crippen LogP) is 5.22. The summed E-state index contributed by atoms with van der Waals surface area (Å²) < 4.78 is 0. The summed E-state index contributed by atoms with van der Waals surface area (Å²) in [7, 11) is -1.64. The number of hydrogen-bond acceptors (Lipinski definition) is 1. The summed E-state index contributed by atoms with van der Waals surface area (Å²) in [6.07, 6.45) is 1.85. The van der Waals surface area contributed by atoms with Crippen molar-refractivity contribution in [3.05, 3.63) is 91.1 Å². The van der Waals surface area contributed by atoms with E-state index in [1.165, 1.54) is 22.3 Å². The fourth-order valence-corrected chi connectivity index (χ4v) is 7.47. The smallest absolute Gasteiger partial charge is 0.113 e. The lowest BCUT2D eigenvalue weighted by molar-refractivity contribution is 1.33. The van der Waals surface area contributed by atoms with Crippen molar-refractivity contribution >= 4 is 18.4 Å². The number of rotatable bonds is 2. The molecule has 1 aromatic heterocycles. The Hall–Kier alpha value is -2.97. The molecule has 2 heterocycles. The van der Waals surface area contributed by atoms with Crippen molar-refractivity contribution in [2.45, 2.75) is 13.1 Å². The topological polar surface area (TPSA) is 12.9 Å². The fraction of sp³-hybridized carbons (Fsp3) is 0.0800. The van der Waals surface area contributed by atoms with Gasteiger partial charge in [-0.1, -0.05) is 79.8 Å². The minimum absolute atomic E-state index is 1.02. The first-order chi connectivity index (χ1) is 13.2. The second-order valence-electron chi connectivity index (χ2n) is 7.69. The van der Waals surface area contributed by atoms with Crippen LogP contribution in [0.1, 0.15) is 0 Å². The zero-order valence-electron chi connectivity index (χ0n) is 15.6. The molecule has 1 aliphatic rings. The highest BCUT2D eigenvalue weighted by Crippen LogP contribution is 2.37. The molecule has 3 aromatic carbocycles. The van der Waals surface area contributed by atoms with Gasteiger partial charge in [-0.25, -0.2) is 0 Å². The largest absolute Gasteiger partial charge is 0.256 e. The zero-order valence-corrected chi connectivity index (χ0v) is 16.6. The van der Waals surface area contributed by atoms with Gasteiger partial charge in [-0.15, -0.1) is 0 Å². The van der Waals surface area contributed by atoms with Gasteiger partial charge in [0, 0.05) is 11.8 Å². The van der Waals surface area contributed by atoms with Crippen molar-refractivity contribution in [3.8, 4) is 33.5 Å². The molecular formula is C25H21NSi. The zero-order chi connectivity index (χ0) is 18.4. The molecule has 0 bridgehead atoms. The molecule has 5 rings (SSSR count). The highest BCUT2D eigenvalue weighted by molar-refractivity contribution is 7.04. The van der Waals surface area contributed by atoms with Crippen LogP contribution in [0.25, 0.3) is 33.5 Å². The first-order valence-electron chi connectivity index (χ1n) is 9.41. The van der Waals surface area contributed by atoms with Crippen molar-refractivity contribution in [2.75, 3.05) is 0 Å². The number of nitrogens with zero attached hydrogens (tertiary/aromatic N) is 1. The van der Waals surface area contributed by atoms with Crippen LogP contribution in [0, 0.1) is 0 Å². The molecule has 0 atom stereocenters. The van der Waals surface area contributed by atoms with Crippen molar-refractivity contribution in [2.24, 2.45) is 0 Å². The Labute approximate surface area is 161 Å². The van der Waals surface area contributed by atoms with Crippen molar-refractivity contribution < 1.29 is 0 Å². The number of pyridine rings is 1. The van der Waals surface area contributed by atoms with E-state index in [0.29, 0.717) is 0 Å². The van der Waals surface area contributed by atoms with E-state index in [1.54, 1.807) is 10.4 Å². The third-order valence-corrected chi connectivity index (χ3v) is 9.29. The van der Waals surface area contributed by atoms with Gasteiger partial charge in [0.25, 0.3) is 0 Å². The summed E-state index contributed by atoms with van der Waals surface area (Å²) in [4.78, 5) is 4.52. The van der Waals surface area contributed by atoms with Crippen molar-refractivity contribution in [1.29, 1.82) is 0 Å². The SMILES string of the molecule is C[Si]1(C)c2ccccc2-c2c(-c3cccc(-c4ccccn4)c3)cccc21. The molecule has 2 heteroatoms. The van der Waals surface area contributed by atoms with Crippen LogP contribution in [-0.2, 0) is 0 Å². The van der Waals surface area contributed by atoms with E-state index in [0.717, 1.165) is 11.3 Å². The number of fused-ring (bicyclic) bond motifs is 3. The Bertz CT molecular complexity index is 1150. The molecular weight excluding hydrogens is 342 g/mol. The Balaban J connectivity index is 1.74. The van der Waals surface area contributed by atoms with E-state index in [1.807, 2.05) is 18.3 Å². The lowest BCUT2D eigenvalue weighted by Gasteiger charge is -2.19. The van der Waals surface area contributed by atoms with Crippen LogP contribution in [0.15, 0.2) is 91.1 Å². The van der Waals surface area contributed by atoms with Gasteiger partial charge in [0.05, 0.1) is 5.69 Å². The van der Waals surface area contributed by atoms with Crippen molar-refractivity contribution in [3.63, 3.8) is 0 Å². The van der Waals surface area contributed by atoms with Crippen LogP contribution in [0.5, 0.6) is 0 Å². The van der Waals surface area contributed by atoms with Gasteiger partial charge < -0.3 is 0 Å². The van der Waals surface area contributed by atoms with Crippen LogP contribution in [0.2, 0.25) is 13.1 Å². The maximum Gasteiger partial charge on any atom is 0.113 e. The molecule has 0 fully saturated rings. The van der Waals surface area contributed by atoms with E-state index in [9.17, 15) is 0 Å². The second kappa shape index (κ2) is 6.03. The number of hydrogen-bond donors (Lipinski definition) is 0. The van der Waals surface area contributed by atoms with Gasteiger partial charge in [0.1, 0.15) is 8.07 Å². The molecule has 0 radical (unpaired) electrons. The minimum Gasteiger partial charge on any atom is -0.256 e. The molecule has 0 amide bonds. The van der Waals surface area contributed by atoms with Gasteiger partial charge in [-0.05, 0) is 50.8 Å². The summed E-state index contributed by atoms with van der Waals surface area (Å²) in [6, 6.07) is 30.6. The van der Waals surface area contributed by atoms with Crippen molar-refractivity contribution in [1.82, 2.24) is 4.98 Å².